The number of benzene rings is 3. The van der Waals surface area contributed by atoms with Gasteiger partial charge in [0.1, 0.15) is 9.15 Å². The van der Waals surface area contributed by atoms with Gasteiger partial charge in [-0.2, -0.15) is 0 Å². The van der Waals surface area contributed by atoms with Crippen LogP contribution in [0, 0.1) is 14.3 Å². The highest BCUT2D eigenvalue weighted by atomic mass is 127. The molecule has 0 spiro atoms. The molecule has 0 bridgehead atoms. The van der Waals surface area contributed by atoms with Crippen LogP contribution in [0.1, 0.15) is 10.4 Å². The number of carboxylic acids is 1. The average Bonchev–Trinajstić information content (AvgIpc) is 2.71. The summed E-state index contributed by atoms with van der Waals surface area (Å²) in [6.07, 6.45) is 0. The summed E-state index contributed by atoms with van der Waals surface area (Å²) < 4.78 is 7.50. The summed E-state index contributed by atoms with van der Waals surface area (Å²) in [5.41, 5.74) is 0.716. The Morgan fingerprint density at radius 1 is 0.935 bits per heavy atom. The van der Waals surface area contributed by atoms with Gasteiger partial charge < -0.3 is 19.4 Å². The van der Waals surface area contributed by atoms with E-state index in [0.717, 1.165) is 0 Å². The van der Waals surface area contributed by atoms with Crippen molar-refractivity contribution in [3.8, 4) is 28.2 Å². The summed E-state index contributed by atoms with van der Waals surface area (Å²) in [5.74, 6) is -1.51. The SMILES string of the molecule is O=C([O-])c1c(Cl)ccc(Cl)c1-c1c2cc(I)c(=O)c(I)c-2oc2c(I)c([O-])c(I)cc12. The molecule has 5 nitrogen and oxygen atoms in total. The summed E-state index contributed by atoms with van der Waals surface area (Å²) in [6.45, 7) is 0. The first-order valence-electron chi connectivity index (χ1n) is 8.17. The molecular formula is C20H4Cl2I4O5-2. The van der Waals surface area contributed by atoms with Gasteiger partial charge in [-0.25, -0.2) is 0 Å². The molecule has 0 N–H and O–H groups in total. The minimum atomic E-state index is -1.50. The van der Waals surface area contributed by atoms with Crippen molar-refractivity contribution >= 4 is 131 Å². The lowest BCUT2D eigenvalue weighted by Gasteiger charge is -2.23. The predicted octanol–water partition coefficient (Wildman–Crippen LogP) is 5.73. The van der Waals surface area contributed by atoms with E-state index in [0.29, 0.717) is 30.8 Å². The number of carboxylic acid groups (broad SMARTS) is 1. The summed E-state index contributed by atoms with van der Waals surface area (Å²) in [5, 5.41) is 25.2. The third-order valence-electron chi connectivity index (χ3n) is 4.56. The van der Waals surface area contributed by atoms with E-state index in [2.05, 4.69) is 0 Å². The lowest BCUT2D eigenvalue weighted by atomic mass is 9.90. The molecule has 0 atom stereocenters. The number of hydrogen-bond acceptors (Lipinski definition) is 5. The smallest absolute Gasteiger partial charge is 0.209 e. The Balaban J connectivity index is 2.40. The monoisotopic (exact) mass is 902 g/mol. The minimum absolute atomic E-state index is 0.0452. The number of carbonyl (C=O) groups excluding carboxylic acids is 1. The van der Waals surface area contributed by atoms with E-state index in [-0.39, 0.29) is 43.7 Å². The van der Waals surface area contributed by atoms with Crippen molar-refractivity contribution < 1.29 is 19.4 Å². The molecule has 0 unspecified atom stereocenters. The van der Waals surface area contributed by atoms with Crippen LogP contribution in [0.2, 0.25) is 10.0 Å². The Hall–Kier alpha value is -0.100. The molecule has 0 radical (unpaired) electrons. The molecule has 0 fully saturated rings. The second kappa shape index (κ2) is 8.92. The number of carbonyl (C=O) groups is 1. The molecule has 11 heteroatoms. The molecule has 1 aliphatic heterocycles. The van der Waals surface area contributed by atoms with Crippen LogP contribution in [0.3, 0.4) is 0 Å². The molecule has 0 aromatic heterocycles. The van der Waals surface area contributed by atoms with Crippen molar-refractivity contribution in [2.75, 3.05) is 0 Å². The van der Waals surface area contributed by atoms with Gasteiger partial charge in [0.25, 0.3) is 0 Å². The first-order chi connectivity index (χ1) is 14.5. The second-order valence-electron chi connectivity index (χ2n) is 6.30. The van der Waals surface area contributed by atoms with E-state index in [1.165, 1.54) is 12.1 Å². The van der Waals surface area contributed by atoms with E-state index < -0.39 is 5.97 Å². The molecule has 4 rings (SSSR count). The predicted molar refractivity (Wildman–Crippen MR) is 149 cm³/mol. The summed E-state index contributed by atoms with van der Waals surface area (Å²) in [7, 11) is 0. The molecule has 31 heavy (non-hydrogen) atoms. The molecule has 0 amide bonds. The quantitative estimate of drug-likeness (QED) is 0.190. The zero-order valence-corrected chi connectivity index (χ0v) is 24.8. The third kappa shape index (κ3) is 3.94. The van der Waals surface area contributed by atoms with Crippen LogP contribution in [-0.4, -0.2) is 5.97 Å². The molecule has 0 saturated carbocycles. The summed E-state index contributed by atoms with van der Waals surface area (Å²) in [6, 6.07) is 6.09. The van der Waals surface area contributed by atoms with Gasteiger partial charge >= 0.3 is 0 Å². The van der Waals surface area contributed by atoms with Gasteiger partial charge in [0.15, 0.2) is 5.76 Å². The van der Waals surface area contributed by atoms with Crippen LogP contribution in [-0.2, 0) is 0 Å². The zero-order valence-electron chi connectivity index (χ0n) is 14.6. The zero-order chi connectivity index (χ0) is 22.8. The van der Waals surface area contributed by atoms with Gasteiger partial charge in [-0.15, -0.1) is 0 Å². The van der Waals surface area contributed by atoms with Crippen LogP contribution >= 0.6 is 114 Å². The summed E-state index contributed by atoms with van der Waals surface area (Å²) >= 11 is 20.3. The highest BCUT2D eigenvalue weighted by molar-refractivity contribution is 14.1. The topological polar surface area (TPSA) is 93.4 Å². The number of fused-ring (bicyclic) bond motifs is 2. The van der Waals surface area contributed by atoms with Crippen molar-refractivity contribution in [2.45, 2.75) is 0 Å². The van der Waals surface area contributed by atoms with Crippen LogP contribution in [0.15, 0.2) is 33.5 Å². The second-order valence-corrected chi connectivity index (χ2v) is 11.6. The maximum atomic E-state index is 12.6. The Morgan fingerprint density at radius 2 is 1.58 bits per heavy atom. The van der Waals surface area contributed by atoms with Crippen molar-refractivity contribution in [3.63, 3.8) is 0 Å². The maximum absolute atomic E-state index is 12.6. The van der Waals surface area contributed by atoms with Gasteiger partial charge in [0.2, 0.25) is 5.43 Å². The van der Waals surface area contributed by atoms with Gasteiger partial charge in [-0.3, -0.25) is 4.79 Å². The normalized spacial score (nSPS) is 11.4. The Bertz CT molecular complexity index is 1470. The molecular weight excluding hydrogens is 899 g/mol. The molecule has 1 aliphatic carbocycles. The lowest BCUT2D eigenvalue weighted by molar-refractivity contribution is -0.270. The maximum Gasteiger partial charge on any atom is 0.209 e. The van der Waals surface area contributed by atoms with Crippen LogP contribution in [0.4, 0.5) is 0 Å². The first kappa shape index (κ1) is 24.0. The van der Waals surface area contributed by atoms with Crippen molar-refractivity contribution in [1.82, 2.24) is 0 Å². The van der Waals surface area contributed by atoms with Gasteiger partial charge in [0.05, 0.1) is 14.6 Å². The molecule has 2 aromatic rings. The number of aromatic carboxylic acids is 1. The fourth-order valence-corrected chi connectivity index (χ4v) is 7.31. The minimum Gasteiger partial charge on any atom is -0.871 e. The van der Waals surface area contributed by atoms with Crippen molar-refractivity contribution in [1.29, 1.82) is 0 Å². The fourth-order valence-electron chi connectivity index (χ4n) is 3.25. The van der Waals surface area contributed by atoms with Crippen LogP contribution < -0.4 is 15.6 Å². The lowest BCUT2D eigenvalue weighted by Crippen LogP contribution is -2.24. The standard InChI is InChI=1S/C20H6Cl2I4O5/c21-7-1-2-8(22)13(20(29)30)12(7)11-5-3-9(23)16(27)14(25)18(5)31-19-6(11)4-10(24)17(28)15(19)26/h1-4,27H,(H,29,30)/p-2. The first-order valence-corrected chi connectivity index (χ1v) is 13.2. The highest BCUT2D eigenvalue weighted by Gasteiger charge is 2.27. The van der Waals surface area contributed by atoms with Gasteiger partial charge in [0, 0.05) is 39.8 Å². The number of rotatable bonds is 2. The largest absolute Gasteiger partial charge is 0.871 e. The number of hydrogen-bond donors (Lipinski definition) is 0. The fraction of sp³-hybridized carbons (Fsp3) is 0. The van der Waals surface area contributed by atoms with Crippen LogP contribution in [0.5, 0.6) is 5.75 Å². The van der Waals surface area contributed by atoms with E-state index in [4.69, 9.17) is 27.6 Å². The average molecular weight is 903 g/mol. The highest BCUT2D eigenvalue weighted by Crippen LogP contribution is 2.48. The van der Waals surface area contributed by atoms with E-state index >= 15 is 0 Å². The number of halogens is 6. The Morgan fingerprint density at radius 3 is 2.23 bits per heavy atom. The van der Waals surface area contributed by atoms with Gasteiger partial charge in [-0.05, 0) is 115 Å². The molecule has 2 aliphatic rings. The third-order valence-corrected chi connectivity index (χ3v) is 8.76. The van der Waals surface area contributed by atoms with Crippen molar-refractivity contribution in [2.24, 2.45) is 0 Å². The van der Waals surface area contributed by atoms with E-state index in [9.17, 15) is 19.8 Å². The Labute approximate surface area is 239 Å². The molecule has 1 heterocycles. The van der Waals surface area contributed by atoms with Gasteiger partial charge in [-0.1, -0.05) is 29.0 Å². The van der Waals surface area contributed by atoms with E-state index in [1.807, 2.05) is 90.4 Å². The molecule has 0 saturated heterocycles. The van der Waals surface area contributed by atoms with Crippen LogP contribution in [0.25, 0.3) is 33.4 Å². The van der Waals surface area contributed by atoms with E-state index in [1.54, 1.807) is 12.1 Å². The van der Waals surface area contributed by atoms with Crippen molar-refractivity contribution in [3.05, 3.63) is 64.4 Å². The molecule has 2 aromatic carbocycles. The summed E-state index contributed by atoms with van der Waals surface area (Å²) in [4.78, 5) is 24.6. The molecule has 158 valence electrons. The Kier molecular flexibility index (Phi) is 6.92.